The van der Waals surface area contributed by atoms with Crippen LogP contribution in [-0.4, -0.2) is 50.0 Å². The zero-order valence-electron chi connectivity index (χ0n) is 21.2. The fourth-order valence-corrected chi connectivity index (χ4v) is 5.79. The van der Waals surface area contributed by atoms with Crippen molar-refractivity contribution in [2.75, 3.05) is 17.1 Å². The third-order valence-corrected chi connectivity index (χ3v) is 8.31. The van der Waals surface area contributed by atoms with Crippen molar-refractivity contribution in [1.82, 2.24) is 10.2 Å². The molecule has 1 aliphatic rings. The fourth-order valence-electron chi connectivity index (χ4n) is 4.60. The van der Waals surface area contributed by atoms with E-state index in [1.807, 2.05) is 30.3 Å². The Kier molecular flexibility index (Phi) is 9.79. The zero-order chi connectivity index (χ0) is 26.3. The molecule has 1 aliphatic carbocycles. The average molecular weight is 534 g/mol. The van der Waals surface area contributed by atoms with Gasteiger partial charge in [-0.3, -0.25) is 13.9 Å². The van der Waals surface area contributed by atoms with E-state index in [0.29, 0.717) is 29.2 Å². The lowest BCUT2D eigenvalue weighted by Crippen LogP contribution is -2.49. The lowest BCUT2D eigenvalue weighted by Gasteiger charge is -2.30. The van der Waals surface area contributed by atoms with E-state index in [-0.39, 0.29) is 30.8 Å². The highest BCUT2D eigenvalue weighted by atomic mass is 35.5. The van der Waals surface area contributed by atoms with E-state index in [4.69, 9.17) is 11.6 Å². The summed E-state index contributed by atoms with van der Waals surface area (Å²) in [5.74, 6) is -0.345. The summed E-state index contributed by atoms with van der Waals surface area (Å²) in [6.07, 6.45) is 5.71. The Labute approximate surface area is 219 Å². The molecule has 0 heterocycles. The van der Waals surface area contributed by atoms with E-state index in [1.54, 1.807) is 36.9 Å². The third kappa shape index (κ3) is 7.46. The Morgan fingerprint density at radius 2 is 1.75 bits per heavy atom. The van der Waals surface area contributed by atoms with Crippen LogP contribution in [-0.2, 0) is 26.2 Å². The molecule has 7 nitrogen and oxygen atoms in total. The molecule has 0 spiro atoms. The molecule has 36 heavy (non-hydrogen) atoms. The number of amides is 2. The topological polar surface area (TPSA) is 86.8 Å². The fraction of sp³-hybridized carbons (Fsp3) is 0.481. The normalized spacial score (nSPS) is 14.9. The number of rotatable bonds is 11. The summed E-state index contributed by atoms with van der Waals surface area (Å²) in [6.45, 7) is 3.96. The maximum absolute atomic E-state index is 13.4. The quantitative estimate of drug-likeness (QED) is 0.454. The predicted molar refractivity (Wildman–Crippen MR) is 144 cm³/mol. The molecule has 196 valence electrons. The van der Waals surface area contributed by atoms with Gasteiger partial charge < -0.3 is 10.2 Å². The highest BCUT2D eigenvalue weighted by molar-refractivity contribution is 7.92. The van der Waals surface area contributed by atoms with Gasteiger partial charge in [-0.25, -0.2) is 8.42 Å². The van der Waals surface area contributed by atoms with Crippen LogP contribution in [0.15, 0.2) is 48.5 Å². The SMILES string of the molecule is Cc1c(Cl)cccc1N(CCCC(=O)N(Cc1ccccc1)C(C)C(=O)NC1CCCC1)S(C)(=O)=O. The predicted octanol–water partition coefficient (Wildman–Crippen LogP) is 4.67. The van der Waals surface area contributed by atoms with Crippen LogP contribution in [0.1, 0.15) is 56.6 Å². The van der Waals surface area contributed by atoms with E-state index >= 15 is 0 Å². The zero-order valence-corrected chi connectivity index (χ0v) is 22.8. The minimum Gasteiger partial charge on any atom is -0.352 e. The lowest BCUT2D eigenvalue weighted by molar-refractivity contribution is -0.141. The van der Waals surface area contributed by atoms with Crippen molar-refractivity contribution in [2.24, 2.45) is 0 Å². The summed E-state index contributed by atoms with van der Waals surface area (Å²) in [5.41, 5.74) is 2.10. The highest BCUT2D eigenvalue weighted by Gasteiger charge is 2.29. The van der Waals surface area contributed by atoms with Crippen LogP contribution in [0.25, 0.3) is 0 Å². The van der Waals surface area contributed by atoms with Crippen molar-refractivity contribution in [3.8, 4) is 0 Å². The van der Waals surface area contributed by atoms with Gasteiger partial charge in [-0.05, 0) is 56.4 Å². The smallest absolute Gasteiger partial charge is 0.242 e. The molecule has 0 radical (unpaired) electrons. The molecule has 2 amide bonds. The van der Waals surface area contributed by atoms with Gasteiger partial charge >= 0.3 is 0 Å². The van der Waals surface area contributed by atoms with Gasteiger partial charge in [-0.2, -0.15) is 0 Å². The Bertz CT molecular complexity index is 1150. The molecular weight excluding hydrogens is 498 g/mol. The first-order valence-corrected chi connectivity index (χ1v) is 14.7. The average Bonchev–Trinajstić information content (AvgIpc) is 3.35. The molecule has 3 rings (SSSR count). The van der Waals surface area contributed by atoms with Crippen LogP contribution < -0.4 is 9.62 Å². The van der Waals surface area contributed by atoms with Crippen LogP contribution in [0.2, 0.25) is 5.02 Å². The van der Waals surface area contributed by atoms with Crippen LogP contribution in [0, 0.1) is 6.92 Å². The number of anilines is 1. The van der Waals surface area contributed by atoms with Crippen molar-refractivity contribution in [3.63, 3.8) is 0 Å². The summed E-state index contributed by atoms with van der Waals surface area (Å²) >= 11 is 6.22. The maximum Gasteiger partial charge on any atom is 0.242 e. The van der Waals surface area contributed by atoms with Crippen LogP contribution in [0.4, 0.5) is 5.69 Å². The van der Waals surface area contributed by atoms with Crippen molar-refractivity contribution in [2.45, 2.75) is 71.0 Å². The van der Waals surface area contributed by atoms with Gasteiger partial charge in [-0.1, -0.05) is 60.8 Å². The van der Waals surface area contributed by atoms with Crippen LogP contribution >= 0.6 is 11.6 Å². The number of sulfonamides is 1. The Morgan fingerprint density at radius 3 is 2.39 bits per heavy atom. The molecule has 1 N–H and O–H groups in total. The molecule has 9 heteroatoms. The van der Waals surface area contributed by atoms with E-state index < -0.39 is 16.1 Å². The van der Waals surface area contributed by atoms with Gasteiger partial charge in [0, 0.05) is 30.6 Å². The Hall–Kier alpha value is -2.58. The maximum atomic E-state index is 13.4. The third-order valence-electron chi connectivity index (χ3n) is 6.72. The molecule has 1 fully saturated rings. The first kappa shape index (κ1) is 28.0. The number of carbonyl (C=O) groups excluding carboxylic acids is 2. The minimum atomic E-state index is -3.58. The number of hydrogen-bond donors (Lipinski definition) is 1. The van der Waals surface area contributed by atoms with E-state index in [2.05, 4.69) is 5.32 Å². The Balaban J connectivity index is 1.72. The molecule has 1 atom stereocenters. The molecule has 1 saturated carbocycles. The van der Waals surface area contributed by atoms with Gasteiger partial charge in [0.25, 0.3) is 0 Å². The highest BCUT2D eigenvalue weighted by Crippen LogP contribution is 2.28. The summed E-state index contributed by atoms with van der Waals surface area (Å²) in [4.78, 5) is 28.0. The van der Waals surface area contributed by atoms with Gasteiger partial charge in [-0.15, -0.1) is 0 Å². The van der Waals surface area contributed by atoms with Gasteiger partial charge in [0.15, 0.2) is 0 Å². The minimum absolute atomic E-state index is 0.111. The second kappa shape index (κ2) is 12.6. The molecule has 0 saturated heterocycles. The largest absolute Gasteiger partial charge is 0.352 e. The second-order valence-corrected chi connectivity index (χ2v) is 11.8. The van der Waals surface area contributed by atoms with Crippen molar-refractivity contribution < 1.29 is 18.0 Å². The monoisotopic (exact) mass is 533 g/mol. The summed E-state index contributed by atoms with van der Waals surface area (Å²) in [6, 6.07) is 14.2. The summed E-state index contributed by atoms with van der Waals surface area (Å²) in [7, 11) is -3.58. The first-order chi connectivity index (χ1) is 17.1. The summed E-state index contributed by atoms with van der Waals surface area (Å²) in [5, 5.41) is 3.57. The van der Waals surface area contributed by atoms with Gasteiger partial charge in [0.1, 0.15) is 6.04 Å². The lowest BCUT2D eigenvalue weighted by atomic mass is 10.1. The standard InChI is InChI=1S/C27H36ClN3O4S/c1-20-24(28)15-9-16-25(20)31(36(3,34)35)18-10-17-26(32)30(19-22-11-5-4-6-12-22)21(2)27(33)29-23-13-7-8-14-23/h4-6,9,11-12,15-16,21,23H,7-8,10,13-14,17-19H2,1-3H3,(H,29,33). The Morgan fingerprint density at radius 1 is 1.08 bits per heavy atom. The number of nitrogens with one attached hydrogen (secondary N) is 1. The summed E-state index contributed by atoms with van der Waals surface area (Å²) < 4.78 is 26.4. The van der Waals surface area contributed by atoms with Crippen molar-refractivity contribution in [3.05, 3.63) is 64.7 Å². The van der Waals surface area contributed by atoms with Gasteiger partial charge in [0.05, 0.1) is 11.9 Å². The second-order valence-electron chi connectivity index (χ2n) is 9.50. The van der Waals surface area contributed by atoms with Crippen molar-refractivity contribution in [1.29, 1.82) is 0 Å². The van der Waals surface area contributed by atoms with E-state index in [1.165, 1.54) is 4.31 Å². The van der Waals surface area contributed by atoms with Crippen LogP contribution in [0.5, 0.6) is 0 Å². The molecule has 0 aromatic heterocycles. The van der Waals surface area contributed by atoms with E-state index in [9.17, 15) is 18.0 Å². The molecule has 0 bridgehead atoms. The van der Waals surface area contributed by atoms with Crippen LogP contribution in [0.3, 0.4) is 0 Å². The molecular formula is C27H36ClN3O4S. The number of nitrogens with zero attached hydrogens (tertiary/aromatic N) is 2. The first-order valence-electron chi connectivity index (χ1n) is 12.4. The van der Waals surface area contributed by atoms with Crippen molar-refractivity contribution >= 4 is 39.1 Å². The molecule has 0 aliphatic heterocycles. The number of hydrogen-bond acceptors (Lipinski definition) is 4. The molecule has 2 aromatic carbocycles. The molecule has 2 aromatic rings. The van der Waals surface area contributed by atoms with E-state index in [0.717, 1.165) is 37.5 Å². The van der Waals surface area contributed by atoms with Gasteiger partial charge in [0.2, 0.25) is 21.8 Å². The number of halogens is 1. The number of benzene rings is 2. The number of carbonyl (C=O) groups is 2. The molecule has 1 unspecified atom stereocenters.